The Kier molecular flexibility index (Phi) is 6.42. The van der Waals surface area contributed by atoms with E-state index in [-0.39, 0.29) is 0 Å². The summed E-state index contributed by atoms with van der Waals surface area (Å²) >= 11 is 1.86. The van der Waals surface area contributed by atoms with Crippen LogP contribution >= 0.6 is 11.3 Å². The highest BCUT2D eigenvalue weighted by Gasteiger charge is 2.15. The molecular formula is C48H31N3S. The zero-order valence-corrected chi connectivity index (χ0v) is 29.0. The highest BCUT2D eigenvalue weighted by molar-refractivity contribution is 7.25. The van der Waals surface area contributed by atoms with Crippen molar-refractivity contribution < 1.29 is 0 Å². The zero-order chi connectivity index (χ0) is 34.2. The van der Waals surface area contributed by atoms with E-state index in [4.69, 9.17) is 0 Å². The topological polar surface area (TPSA) is 14.8 Å². The maximum Gasteiger partial charge on any atom is 0.0542 e. The van der Waals surface area contributed by atoms with Crippen molar-refractivity contribution in [1.82, 2.24) is 13.7 Å². The van der Waals surface area contributed by atoms with Gasteiger partial charge in [0.05, 0.1) is 11.0 Å². The van der Waals surface area contributed by atoms with Gasteiger partial charge in [-0.2, -0.15) is 0 Å². The smallest absolute Gasteiger partial charge is 0.0542 e. The first-order valence-corrected chi connectivity index (χ1v) is 18.5. The van der Waals surface area contributed by atoms with Gasteiger partial charge < -0.3 is 13.7 Å². The van der Waals surface area contributed by atoms with E-state index < -0.39 is 0 Å². The molecular weight excluding hydrogens is 651 g/mol. The molecule has 0 radical (unpaired) electrons. The second kappa shape index (κ2) is 11.5. The monoisotopic (exact) mass is 681 g/mol. The van der Waals surface area contributed by atoms with Crippen molar-refractivity contribution in [3.05, 3.63) is 188 Å². The van der Waals surface area contributed by atoms with Gasteiger partial charge in [0, 0.05) is 70.1 Å². The maximum absolute atomic E-state index is 2.43. The van der Waals surface area contributed by atoms with Gasteiger partial charge in [-0.05, 0) is 120 Å². The van der Waals surface area contributed by atoms with Crippen molar-refractivity contribution in [1.29, 1.82) is 0 Å². The molecule has 3 nitrogen and oxygen atoms in total. The average Bonchev–Trinajstić information content (AvgIpc) is 3.74. The minimum atomic E-state index is 1.12. The Morgan fingerprint density at radius 2 is 0.808 bits per heavy atom. The average molecular weight is 682 g/mol. The van der Waals surface area contributed by atoms with E-state index in [9.17, 15) is 0 Å². The van der Waals surface area contributed by atoms with Gasteiger partial charge in [-0.15, -0.1) is 11.3 Å². The van der Waals surface area contributed by atoms with Crippen LogP contribution in [0.25, 0.3) is 91.9 Å². The summed E-state index contributed by atoms with van der Waals surface area (Å²) in [5, 5.41) is 7.35. The molecule has 8 aromatic carbocycles. The molecule has 11 rings (SSSR count). The molecule has 0 unspecified atom stereocenters. The second-order valence-electron chi connectivity index (χ2n) is 13.5. The number of hydrogen-bond acceptors (Lipinski definition) is 1. The number of rotatable bonds is 3. The summed E-state index contributed by atoms with van der Waals surface area (Å²) in [6.07, 6.45) is 0. The molecule has 0 aliphatic carbocycles. The van der Waals surface area contributed by atoms with Gasteiger partial charge in [-0.25, -0.2) is 0 Å². The minimum absolute atomic E-state index is 1.12. The van der Waals surface area contributed by atoms with Gasteiger partial charge in [-0.1, -0.05) is 78.9 Å². The molecule has 3 aromatic heterocycles. The van der Waals surface area contributed by atoms with Gasteiger partial charge in [0.25, 0.3) is 0 Å². The lowest BCUT2D eigenvalue weighted by Crippen LogP contribution is -1.98. The quantitative estimate of drug-likeness (QED) is 0.176. The summed E-state index contributed by atoms with van der Waals surface area (Å²) in [4.78, 5) is 0. The van der Waals surface area contributed by atoms with Crippen molar-refractivity contribution in [3.8, 4) is 17.1 Å². The number of para-hydroxylation sites is 3. The fourth-order valence-electron chi connectivity index (χ4n) is 8.11. The van der Waals surface area contributed by atoms with E-state index in [0.29, 0.717) is 0 Å². The number of thiophene rings is 1. The molecule has 0 amide bonds. The first-order chi connectivity index (χ1) is 25.8. The minimum Gasteiger partial charge on any atom is -0.310 e. The van der Waals surface area contributed by atoms with Gasteiger partial charge in [-0.3, -0.25) is 0 Å². The van der Waals surface area contributed by atoms with Crippen LogP contribution in [0.3, 0.4) is 0 Å². The summed E-state index contributed by atoms with van der Waals surface area (Å²) in [6.45, 7) is 0. The van der Waals surface area contributed by atoms with Crippen LogP contribution in [0.2, 0.25) is 0 Å². The lowest BCUT2D eigenvalue weighted by atomic mass is 10.1. The van der Waals surface area contributed by atoms with Crippen LogP contribution in [-0.2, 0) is 0 Å². The molecule has 11 aromatic rings. The van der Waals surface area contributed by atoms with E-state index in [1.54, 1.807) is 0 Å². The first-order valence-electron chi connectivity index (χ1n) is 17.7. The molecule has 8 bridgehead atoms. The molecule has 0 atom stereocenters. The molecule has 0 fully saturated rings. The van der Waals surface area contributed by atoms with Crippen molar-refractivity contribution in [2.45, 2.75) is 0 Å². The van der Waals surface area contributed by atoms with Crippen LogP contribution in [0.1, 0.15) is 0 Å². The number of fused-ring (bicyclic) bond motifs is 10. The number of aromatic nitrogens is 3. The Morgan fingerprint density at radius 3 is 1.44 bits per heavy atom. The van der Waals surface area contributed by atoms with Crippen LogP contribution in [0.5, 0.6) is 0 Å². The maximum atomic E-state index is 2.43. The van der Waals surface area contributed by atoms with Crippen LogP contribution < -0.4 is 0 Å². The Morgan fingerprint density at radius 1 is 0.288 bits per heavy atom. The molecule has 52 heavy (non-hydrogen) atoms. The summed E-state index contributed by atoms with van der Waals surface area (Å²) in [6, 6.07) is 68.9. The normalized spacial score (nSPS) is 11.8. The fraction of sp³-hybridized carbons (Fsp3) is 0. The summed E-state index contributed by atoms with van der Waals surface area (Å²) in [5.74, 6) is 0. The third-order valence-electron chi connectivity index (χ3n) is 10.4. The number of benzene rings is 8. The summed E-state index contributed by atoms with van der Waals surface area (Å²) < 4.78 is 9.75. The van der Waals surface area contributed by atoms with Crippen LogP contribution in [0, 0.1) is 0 Å². The number of hydrogen-bond donors (Lipinski definition) is 0. The first kappa shape index (κ1) is 29.1. The lowest BCUT2D eigenvalue weighted by Gasteiger charge is -2.14. The SMILES string of the molecule is c1ccc(-n2c3cccc(c3)c3cccc(c3)n(-c3ccc4c(c3)c3ccccc3n4-c3ccccc3)c3ccc4sc5ccc2cc5c4c3)cc1. The van der Waals surface area contributed by atoms with E-state index >= 15 is 0 Å². The van der Waals surface area contributed by atoms with Crippen LogP contribution in [-0.4, -0.2) is 13.7 Å². The molecule has 0 saturated carbocycles. The van der Waals surface area contributed by atoms with E-state index in [2.05, 4.69) is 202 Å². The van der Waals surface area contributed by atoms with Gasteiger partial charge in [0.1, 0.15) is 0 Å². The Hall–Kier alpha value is -6.62. The van der Waals surface area contributed by atoms with Crippen molar-refractivity contribution >= 4 is 86.2 Å². The van der Waals surface area contributed by atoms with Crippen LogP contribution in [0.15, 0.2) is 188 Å². The predicted molar refractivity (Wildman–Crippen MR) is 222 cm³/mol. The van der Waals surface area contributed by atoms with Gasteiger partial charge >= 0.3 is 0 Å². The zero-order valence-electron chi connectivity index (χ0n) is 28.1. The third kappa shape index (κ3) is 4.51. The van der Waals surface area contributed by atoms with Crippen molar-refractivity contribution in [2.75, 3.05) is 0 Å². The highest BCUT2D eigenvalue weighted by Crippen LogP contribution is 2.38. The van der Waals surface area contributed by atoms with Crippen molar-refractivity contribution in [3.63, 3.8) is 0 Å². The molecule has 0 saturated heterocycles. The summed E-state index contributed by atoms with van der Waals surface area (Å²) in [5.41, 5.74) is 10.3. The molecule has 244 valence electrons. The Bertz CT molecular complexity index is 3230. The highest BCUT2D eigenvalue weighted by atomic mass is 32.1. The predicted octanol–water partition coefficient (Wildman–Crippen LogP) is 13.3. The largest absolute Gasteiger partial charge is 0.310 e. The fourth-order valence-corrected chi connectivity index (χ4v) is 9.17. The van der Waals surface area contributed by atoms with Gasteiger partial charge in [0.15, 0.2) is 0 Å². The van der Waals surface area contributed by atoms with Crippen molar-refractivity contribution in [2.24, 2.45) is 0 Å². The molecule has 0 spiro atoms. The Balaban J connectivity index is 1.28. The van der Waals surface area contributed by atoms with E-state index in [1.807, 2.05) is 11.3 Å². The molecule has 4 heteroatoms. The lowest BCUT2D eigenvalue weighted by molar-refractivity contribution is 1.15. The molecule has 0 N–H and O–H groups in total. The summed E-state index contributed by atoms with van der Waals surface area (Å²) in [7, 11) is 0. The third-order valence-corrected chi connectivity index (χ3v) is 11.6. The molecule has 3 heterocycles. The second-order valence-corrected chi connectivity index (χ2v) is 14.5. The van der Waals surface area contributed by atoms with E-state index in [1.165, 1.54) is 52.8 Å². The van der Waals surface area contributed by atoms with E-state index in [0.717, 1.165) is 39.1 Å². The Labute approximate surface area is 303 Å². The van der Waals surface area contributed by atoms with Crippen LogP contribution in [0.4, 0.5) is 0 Å². The number of nitrogens with zero attached hydrogens (tertiary/aromatic N) is 3. The molecule has 0 aliphatic rings. The molecule has 0 aliphatic heterocycles. The van der Waals surface area contributed by atoms with Gasteiger partial charge in [0.2, 0.25) is 0 Å². The standard InChI is InChI=1S/C48H31N3S/c1-3-13-34(14-4-1)49-36-17-9-11-32(27-36)33-12-10-18-37(28-33)50(40-23-26-48-44(31-40)43-30-39(49)22-25-47(43)52-48)38-21-24-46-42(29-38)41-19-7-8-20-45(41)51(46)35-15-5-2-6-16-35/h1-31H.